The Morgan fingerprint density at radius 1 is 1.11 bits per heavy atom. The van der Waals surface area contributed by atoms with E-state index < -0.39 is 0 Å². The van der Waals surface area contributed by atoms with E-state index in [1.54, 1.807) is 7.11 Å². The molecule has 0 aromatic heterocycles. The lowest BCUT2D eigenvalue weighted by atomic mass is 9.92. The van der Waals surface area contributed by atoms with Gasteiger partial charge in [-0.05, 0) is 35.7 Å². The minimum absolute atomic E-state index is 0.0253. The number of hydrogen-bond acceptors (Lipinski definition) is 2. The minimum Gasteiger partial charge on any atom is -0.496 e. The summed E-state index contributed by atoms with van der Waals surface area (Å²) in [6, 6.07) is 15.5. The Morgan fingerprint density at radius 2 is 1.79 bits per heavy atom. The Hall–Kier alpha value is -1.51. The molecule has 0 fully saturated rings. The maximum Gasteiger partial charge on any atom is 0.122 e. The van der Waals surface area contributed by atoms with Crippen LogP contribution in [-0.2, 0) is 6.42 Å². The fourth-order valence-electron chi connectivity index (χ4n) is 2.18. The maximum atomic E-state index is 9.63. The zero-order chi connectivity index (χ0) is 13.7. The topological polar surface area (TPSA) is 29.5 Å². The van der Waals surface area contributed by atoms with E-state index in [-0.39, 0.29) is 12.5 Å². The first-order chi connectivity index (χ1) is 9.24. The molecule has 0 radical (unpaired) electrons. The fraction of sp³-hybridized carbons (Fsp3) is 0.250. The van der Waals surface area contributed by atoms with E-state index in [0.29, 0.717) is 0 Å². The fourth-order valence-corrected chi connectivity index (χ4v) is 2.31. The third-order valence-electron chi connectivity index (χ3n) is 3.19. The first-order valence-electron chi connectivity index (χ1n) is 6.23. The van der Waals surface area contributed by atoms with Gasteiger partial charge in [-0.3, -0.25) is 0 Å². The summed E-state index contributed by atoms with van der Waals surface area (Å²) in [7, 11) is 1.65. The molecule has 0 aliphatic carbocycles. The van der Waals surface area contributed by atoms with Crippen molar-refractivity contribution in [2.24, 2.45) is 0 Å². The highest BCUT2D eigenvalue weighted by molar-refractivity contribution is 6.30. The van der Waals surface area contributed by atoms with Gasteiger partial charge >= 0.3 is 0 Å². The second kappa shape index (κ2) is 6.60. The summed E-state index contributed by atoms with van der Waals surface area (Å²) in [6.45, 7) is 0.0863. The molecule has 0 saturated carbocycles. The highest BCUT2D eigenvalue weighted by atomic mass is 35.5. The van der Waals surface area contributed by atoms with Gasteiger partial charge in [0.15, 0.2) is 0 Å². The second-order valence-electron chi connectivity index (χ2n) is 4.45. The maximum absolute atomic E-state index is 9.63. The predicted octanol–water partition coefficient (Wildman–Crippen LogP) is 3.67. The summed E-state index contributed by atoms with van der Waals surface area (Å²) in [5, 5.41) is 10.4. The molecule has 0 spiro atoms. The van der Waals surface area contributed by atoms with Crippen molar-refractivity contribution >= 4 is 11.6 Å². The van der Waals surface area contributed by atoms with E-state index in [2.05, 4.69) is 0 Å². The number of ether oxygens (including phenoxy) is 1. The van der Waals surface area contributed by atoms with Crippen molar-refractivity contribution in [1.29, 1.82) is 0 Å². The van der Waals surface area contributed by atoms with E-state index in [1.807, 2.05) is 48.5 Å². The van der Waals surface area contributed by atoms with Crippen molar-refractivity contribution in [2.75, 3.05) is 13.7 Å². The smallest absolute Gasteiger partial charge is 0.122 e. The third-order valence-corrected chi connectivity index (χ3v) is 3.45. The number of hydrogen-bond donors (Lipinski definition) is 1. The molecule has 0 aliphatic rings. The van der Waals surface area contributed by atoms with Crippen LogP contribution in [0, 0.1) is 0 Å². The highest BCUT2D eigenvalue weighted by Gasteiger charge is 2.15. The number of aliphatic hydroxyl groups is 1. The first kappa shape index (κ1) is 13.9. The van der Waals surface area contributed by atoms with Crippen molar-refractivity contribution < 1.29 is 9.84 Å². The molecule has 100 valence electrons. The SMILES string of the molecule is COc1ccccc1C(CO)Cc1ccc(Cl)cc1. The van der Waals surface area contributed by atoms with Crippen LogP contribution in [0.25, 0.3) is 0 Å². The molecule has 2 aromatic rings. The minimum atomic E-state index is 0.0253. The van der Waals surface area contributed by atoms with Crippen molar-refractivity contribution in [1.82, 2.24) is 0 Å². The molecular weight excluding hydrogens is 260 g/mol. The summed E-state index contributed by atoms with van der Waals surface area (Å²) in [5.41, 5.74) is 2.18. The largest absolute Gasteiger partial charge is 0.496 e. The average molecular weight is 277 g/mol. The number of benzene rings is 2. The van der Waals surface area contributed by atoms with Crippen LogP contribution in [0.1, 0.15) is 17.0 Å². The molecule has 2 nitrogen and oxygen atoms in total. The van der Waals surface area contributed by atoms with Gasteiger partial charge in [0, 0.05) is 10.9 Å². The molecule has 0 heterocycles. The van der Waals surface area contributed by atoms with Crippen LogP contribution in [0.5, 0.6) is 5.75 Å². The van der Waals surface area contributed by atoms with Crippen LogP contribution in [0.4, 0.5) is 0 Å². The molecule has 1 atom stereocenters. The zero-order valence-corrected chi connectivity index (χ0v) is 11.6. The lowest BCUT2D eigenvalue weighted by molar-refractivity contribution is 0.261. The highest BCUT2D eigenvalue weighted by Crippen LogP contribution is 2.29. The van der Waals surface area contributed by atoms with Crippen molar-refractivity contribution in [3.63, 3.8) is 0 Å². The van der Waals surface area contributed by atoms with Crippen LogP contribution >= 0.6 is 11.6 Å². The summed E-state index contributed by atoms with van der Waals surface area (Å²) >= 11 is 5.88. The van der Waals surface area contributed by atoms with Crippen LogP contribution in [0.15, 0.2) is 48.5 Å². The normalized spacial score (nSPS) is 12.2. The summed E-state index contributed by atoms with van der Waals surface area (Å²) in [6.07, 6.45) is 0.758. The first-order valence-corrected chi connectivity index (χ1v) is 6.60. The van der Waals surface area contributed by atoms with Gasteiger partial charge in [-0.2, -0.15) is 0 Å². The standard InChI is InChI=1S/C16H17ClO2/c1-19-16-5-3-2-4-15(16)13(11-18)10-12-6-8-14(17)9-7-12/h2-9,13,18H,10-11H2,1H3. The van der Waals surface area contributed by atoms with Gasteiger partial charge in [0.2, 0.25) is 0 Å². The Kier molecular flexibility index (Phi) is 4.83. The van der Waals surface area contributed by atoms with Crippen LogP contribution in [0.2, 0.25) is 5.02 Å². The van der Waals surface area contributed by atoms with E-state index in [0.717, 1.165) is 28.3 Å². The van der Waals surface area contributed by atoms with Gasteiger partial charge < -0.3 is 9.84 Å². The van der Waals surface area contributed by atoms with Gasteiger partial charge in [-0.15, -0.1) is 0 Å². The number of aliphatic hydroxyl groups excluding tert-OH is 1. The molecule has 2 rings (SSSR count). The molecule has 3 heteroatoms. The molecule has 1 unspecified atom stereocenters. The molecule has 0 bridgehead atoms. The Balaban J connectivity index is 2.22. The predicted molar refractivity (Wildman–Crippen MR) is 78.0 cm³/mol. The zero-order valence-electron chi connectivity index (χ0n) is 10.8. The van der Waals surface area contributed by atoms with Crippen molar-refractivity contribution in [3.05, 3.63) is 64.7 Å². The van der Waals surface area contributed by atoms with Crippen molar-refractivity contribution in [3.8, 4) is 5.75 Å². The van der Waals surface area contributed by atoms with Gasteiger partial charge in [0.05, 0.1) is 13.7 Å². The number of methoxy groups -OCH3 is 1. The quantitative estimate of drug-likeness (QED) is 0.903. The molecule has 1 N–H and O–H groups in total. The van der Waals surface area contributed by atoms with E-state index >= 15 is 0 Å². The summed E-state index contributed by atoms with van der Waals surface area (Å²) in [5.74, 6) is 0.841. The third kappa shape index (κ3) is 3.49. The number of halogens is 1. The second-order valence-corrected chi connectivity index (χ2v) is 4.89. The molecule has 0 amide bonds. The average Bonchev–Trinajstić information content (AvgIpc) is 2.46. The molecule has 19 heavy (non-hydrogen) atoms. The van der Waals surface area contributed by atoms with Crippen molar-refractivity contribution in [2.45, 2.75) is 12.3 Å². The van der Waals surface area contributed by atoms with E-state index in [9.17, 15) is 5.11 Å². The Bertz CT molecular complexity index is 523. The van der Waals surface area contributed by atoms with Gasteiger partial charge in [-0.1, -0.05) is 41.9 Å². The Labute approximate surface area is 118 Å². The van der Waals surface area contributed by atoms with Gasteiger partial charge in [0.25, 0.3) is 0 Å². The van der Waals surface area contributed by atoms with Crippen LogP contribution < -0.4 is 4.74 Å². The number of para-hydroxylation sites is 1. The molecule has 0 saturated heterocycles. The molecular formula is C16H17ClO2. The van der Waals surface area contributed by atoms with Gasteiger partial charge in [0.1, 0.15) is 5.75 Å². The van der Waals surface area contributed by atoms with Crippen LogP contribution in [0.3, 0.4) is 0 Å². The molecule has 0 aliphatic heterocycles. The number of rotatable bonds is 5. The van der Waals surface area contributed by atoms with E-state index in [4.69, 9.17) is 16.3 Å². The van der Waals surface area contributed by atoms with E-state index in [1.165, 1.54) is 0 Å². The molecule has 2 aromatic carbocycles. The monoisotopic (exact) mass is 276 g/mol. The lowest BCUT2D eigenvalue weighted by Gasteiger charge is -2.17. The Morgan fingerprint density at radius 3 is 2.42 bits per heavy atom. The van der Waals surface area contributed by atoms with Crippen LogP contribution in [-0.4, -0.2) is 18.8 Å². The summed E-state index contributed by atoms with van der Waals surface area (Å²) < 4.78 is 5.35. The van der Waals surface area contributed by atoms with Gasteiger partial charge in [-0.25, -0.2) is 0 Å². The summed E-state index contributed by atoms with van der Waals surface area (Å²) in [4.78, 5) is 0. The lowest BCUT2D eigenvalue weighted by Crippen LogP contribution is -2.09.